The first kappa shape index (κ1) is 16.1. The molecule has 0 atom stereocenters. The highest BCUT2D eigenvalue weighted by Crippen LogP contribution is 2.35. The van der Waals surface area contributed by atoms with E-state index in [9.17, 15) is 9.59 Å². The molecule has 5 nitrogen and oxygen atoms in total. The number of carbonyl (C=O) groups is 2. The Morgan fingerprint density at radius 3 is 2.62 bits per heavy atom. The van der Waals surface area contributed by atoms with Gasteiger partial charge in [0.05, 0.1) is 17.6 Å². The first-order chi connectivity index (χ1) is 9.81. The maximum Gasteiger partial charge on any atom is 0.319 e. The number of halogens is 2. The van der Waals surface area contributed by atoms with Gasteiger partial charge in [-0.05, 0) is 59.8 Å². The van der Waals surface area contributed by atoms with Crippen LogP contribution in [0.2, 0.25) is 5.02 Å². The molecule has 21 heavy (non-hydrogen) atoms. The van der Waals surface area contributed by atoms with E-state index in [1.165, 1.54) is 0 Å². The lowest BCUT2D eigenvalue weighted by atomic mass is 9.74. The van der Waals surface area contributed by atoms with Crippen LogP contribution >= 0.6 is 27.5 Å². The highest BCUT2D eigenvalue weighted by Gasteiger charge is 2.40. The molecule has 0 aliphatic heterocycles. The maximum absolute atomic E-state index is 12.1. The number of aliphatic carboxylic acids is 1. The number of carboxylic acids is 1. The topological polar surface area (TPSA) is 78.4 Å². The normalized spacial score (nSPS) is 16.0. The van der Waals surface area contributed by atoms with Gasteiger partial charge in [-0.15, -0.1) is 0 Å². The number of hydrogen-bond acceptors (Lipinski definition) is 2. The molecule has 1 aromatic carbocycles. The van der Waals surface area contributed by atoms with Crippen LogP contribution in [0.3, 0.4) is 0 Å². The Kier molecular flexibility index (Phi) is 4.78. The second-order valence-corrected chi connectivity index (χ2v) is 6.63. The molecule has 1 saturated carbocycles. The van der Waals surface area contributed by atoms with E-state index in [4.69, 9.17) is 16.7 Å². The van der Waals surface area contributed by atoms with Crippen molar-refractivity contribution in [3.63, 3.8) is 0 Å². The van der Waals surface area contributed by atoms with E-state index in [1.54, 1.807) is 6.07 Å². The zero-order valence-corrected chi connectivity index (χ0v) is 13.8. The third-order valence-electron chi connectivity index (χ3n) is 3.68. The molecule has 3 N–H and O–H groups in total. The predicted molar refractivity (Wildman–Crippen MR) is 84.9 cm³/mol. The molecule has 1 aliphatic rings. The predicted octanol–water partition coefficient (Wildman–Crippen LogP) is 3.93. The van der Waals surface area contributed by atoms with Crippen LogP contribution in [0.1, 0.15) is 31.2 Å². The summed E-state index contributed by atoms with van der Waals surface area (Å²) in [4.78, 5) is 23.0. The second kappa shape index (κ2) is 6.23. The Morgan fingerprint density at radius 2 is 2.10 bits per heavy atom. The SMILES string of the molecule is Cc1cc(Br)c(NC(=O)NC2(CC(=O)O)CCC2)cc1Cl. The lowest BCUT2D eigenvalue weighted by Crippen LogP contribution is -2.55. The average molecular weight is 376 g/mol. The average Bonchev–Trinajstić information content (AvgIpc) is 2.32. The standard InChI is InChI=1S/C14H16BrClN2O3/c1-8-5-9(15)11(6-10(8)16)17-13(21)18-14(3-2-4-14)7-12(19)20/h5-6H,2-4,7H2,1H3,(H,19,20)(H2,17,18,21). The van der Waals surface area contributed by atoms with Crippen LogP contribution in [0, 0.1) is 6.92 Å². The number of urea groups is 1. The van der Waals surface area contributed by atoms with Crippen LogP contribution in [0.15, 0.2) is 16.6 Å². The molecule has 2 rings (SSSR count). The van der Waals surface area contributed by atoms with Crippen molar-refractivity contribution in [1.82, 2.24) is 5.32 Å². The number of amides is 2. The molecule has 1 fully saturated rings. The highest BCUT2D eigenvalue weighted by atomic mass is 79.9. The van der Waals surface area contributed by atoms with E-state index in [-0.39, 0.29) is 6.42 Å². The second-order valence-electron chi connectivity index (χ2n) is 5.36. The minimum absolute atomic E-state index is 0.0593. The first-order valence-corrected chi connectivity index (χ1v) is 7.75. The van der Waals surface area contributed by atoms with Gasteiger partial charge in [0.15, 0.2) is 0 Å². The molecule has 1 aromatic rings. The van der Waals surface area contributed by atoms with Crippen LogP contribution in [0.4, 0.5) is 10.5 Å². The zero-order chi connectivity index (χ0) is 15.6. The molecule has 0 saturated heterocycles. The fourth-order valence-corrected chi connectivity index (χ4v) is 3.10. The van der Waals surface area contributed by atoms with E-state index in [1.807, 2.05) is 13.0 Å². The van der Waals surface area contributed by atoms with Gasteiger partial charge in [-0.1, -0.05) is 11.6 Å². The molecule has 7 heteroatoms. The minimum atomic E-state index is -0.908. The van der Waals surface area contributed by atoms with Crippen LogP contribution < -0.4 is 10.6 Å². The number of carboxylic acid groups (broad SMARTS) is 1. The Bertz CT molecular complexity index is 588. The van der Waals surface area contributed by atoms with Gasteiger partial charge in [0.25, 0.3) is 0 Å². The third-order valence-corrected chi connectivity index (χ3v) is 4.74. The van der Waals surface area contributed by atoms with Gasteiger partial charge in [0.2, 0.25) is 0 Å². The van der Waals surface area contributed by atoms with Crippen molar-refractivity contribution in [3.05, 3.63) is 27.2 Å². The fraction of sp³-hybridized carbons (Fsp3) is 0.429. The van der Waals surface area contributed by atoms with Crippen molar-refractivity contribution < 1.29 is 14.7 Å². The van der Waals surface area contributed by atoms with Gasteiger partial charge in [-0.25, -0.2) is 4.79 Å². The fourth-order valence-electron chi connectivity index (χ4n) is 2.38. The number of rotatable bonds is 4. The molecular weight excluding hydrogens is 360 g/mol. The summed E-state index contributed by atoms with van der Waals surface area (Å²) in [5, 5.41) is 15.0. The van der Waals surface area contributed by atoms with Gasteiger partial charge in [-0.2, -0.15) is 0 Å². The number of benzene rings is 1. The number of aryl methyl sites for hydroxylation is 1. The Balaban J connectivity index is 2.05. The molecule has 114 valence electrons. The Morgan fingerprint density at radius 1 is 1.43 bits per heavy atom. The number of nitrogens with one attached hydrogen (secondary N) is 2. The van der Waals surface area contributed by atoms with E-state index < -0.39 is 17.5 Å². The van der Waals surface area contributed by atoms with E-state index in [2.05, 4.69) is 26.6 Å². The molecule has 1 aliphatic carbocycles. The highest BCUT2D eigenvalue weighted by molar-refractivity contribution is 9.10. The molecule has 0 radical (unpaired) electrons. The van der Waals surface area contributed by atoms with Crippen molar-refractivity contribution in [2.24, 2.45) is 0 Å². The molecule has 2 amide bonds. The molecule has 0 heterocycles. The van der Waals surface area contributed by atoms with Crippen molar-refractivity contribution in [1.29, 1.82) is 0 Å². The van der Waals surface area contributed by atoms with Gasteiger partial charge in [-0.3, -0.25) is 4.79 Å². The van der Waals surface area contributed by atoms with Gasteiger partial charge in [0.1, 0.15) is 0 Å². The van der Waals surface area contributed by atoms with Crippen LogP contribution in [-0.2, 0) is 4.79 Å². The van der Waals surface area contributed by atoms with Crippen LogP contribution in [0.5, 0.6) is 0 Å². The number of carbonyl (C=O) groups excluding carboxylic acids is 1. The van der Waals surface area contributed by atoms with Gasteiger partial charge >= 0.3 is 12.0 Å². The van der Waals surface area contributed by atoms with Crippen LogP contribution in [0.25, 0.3) is 0 Å². The van der Waals surface area contributed by atoms with Gasteiger partial charge < -0.3 is 15.7 Å². The summed E-state index contributed by atoms with van der Waals surface area (Å²) in [6.07, 6.45) is 2.23. The lowest BCUT2D eigenvalue weighted by molar-refractivity contribution is -0.139. The summed E-state index contributed by atoms with van der Waals surface area (Å²) in [5.41, 5.74) is 0.820. The molecule has 0 unspecified atom stereocenters. The monoisotopic (exact) mass is 374 g/mol. The maximum atomic E-state index is 12.1. The summed E-state index contributed by atoms with van der Waals surface area (Å²) in [6, 6.07) is 3.05. The molecule has 0 bridgehead atoms. The van der Waals surface area contributed by atoms with E-state index in [0.29, 0.717) is 23.6 Å². The van der Waals surface area contributed by atoms with Crippen LogP contribution in [-0.4, -0.2) is 22.6 Å². The largest absolute Gasteiger partial charge is 0.481 e. The first-order valence-electron chi connectivity index (χ1n) is 6.58. The summed E-state index contributed by atoms with van der Waals surface area (Å²) in [6.45, 7) is 1.87. The van der Waals surface area contributed by atoms with E-state index in [0.717, 1.165) is 16.5 Å². The number of hydrogen-bond donors (Lipinski definition) is 3. The third kappa shape index (κ3) is 3.89. The Hall–Kier alpha value is -1.27. The summed E-state index contributed by atoms with van der Waals surface area (Å²) in [5.74, 6) is -0.908. The summed E-state index contributed by atoms with van der Waals surface area (Å²) >= 11 is 9.40. The zero-order valence-electron chi connectivity index (χ0n) is 11.5. The number of anilines is 1. The van der Waals surface area contributed by atoms with Crippen molar-refractivity contribution >= 4 is 45.2 Å². The van der Waals surface area contributed by atoms with Gasteiger partial charge in [0, 0.05) is 9.50 Å². The smallest absolute Gasteiger partial charge is 0.319 e. The summed E-state index contributed by atoms with van der Waals surface area (Å²) < 4.78 is 0.723. The van der Waals surface area contributed by atoms with Crippen molar-refractivity contribution in [2.45, 2.75) is 38.1 Å². The molecular formula is C14H16BrClN2O3. The minimum Gasteiger partial charge on any atom is -0.481 e. The molecule has 0 spiro atoms. The summed E-state index contributed by atoms with van der Waals surface area (Å²) in [7, 11) is 0. The quantitative estimate of drug-likeness (QED) is 0.746. The van der Waals surface area contributed by atoms with E-state index >= 15 is 0 Å². The molecule has 0 aromatic heterocycles. The Labute approximate surface area is 136 Å². The van der Waals surface area contributed by atoms with Crippen molar-refractivity contribution in [2.75, 3.05) is 5.32 Å². The lowest BCUT2D eigenvalue weighted by Gasteiger charge is -2.41. The van der Waals surface area contributed by atoms with Crippen molar-refractivity contribution in [3.8, 4) is 0 Å².